The van der Waals surface area contributed by atoms with E-state index in [1.54, 1.807) is 35.9 Å². The molecular formula is C17H25N3O3S3. The van der Waals surface area contributed by atoms with Gasteiger partial charge in [-0.2, -0.15) is 0 Å². The van der Waals surface area contributed by atoms with E-state index in [2.05, 4.69) is 16.3 Å². The predicted molar refractivity (Wildman–Crippen MR) is 107 cm³/mol. The summed E-state index contributed by atoms with van der Waals surface area (Å²) in [6.45, 7) is 0.853. The first-order valence-electron chi connectivity index (χ1n) is 8.28. The maximum atomic E-state index is 12.3. The van der Waals surface area contributed by atoms with Crippen LogP contribution in [0.15, 0.2) is 39.2 Å². The second kappa shape index (κ2) is 9.61. The average molecular weight is 416 g/mol. The van der Waals surface area contributed by atoms with Crippen LogP contribution in [-0.2, 0) is 14.8 Å². The molecule has 0 unspecified atom stereocenters. The Hall–Kier alpha value is -1.26. The van der Waals surface area contributed by atoms with Crippen LogP contribution in [0, 0.1) is 0 Å². The van der Waals surface area contributed by atoms with Crippen LogP contribution in [0.5, 0.6) is 0 Å². The Labute approximate surface area is 163 Å². The van der Waals surface area contributed by atoms with E-state index in [1.807, 2.05) is 25.5 Å². The van der Waals surface area contributed by atoms with Crippen molar-refractivity contribution in [3.05, 3.63) is 39.9 Å². The molecule has 1 amide bonds. The van der Waals surface area contributed by atoms with Gasteiger partial charge >= 0.3 is 0 Å². The lowest BCUT2D eigenvalue weighted by molar-refractivity contribution is -0.121. The molecule has 2 aromatic heterocycles. The SMILES string of the molecule is CN(C)[C@@H](CNC(=O)CCCN(C)S(=O)(=O)c1cccs1)c1cccs1. The third kappa shape index (κ3) is 5.62. The summed E-state index contributed by atoms with van der Waals surface area (Å²) in [7, 11) is 2.08. The smallest absolute Gasteiger partial charge is 0.252 e. The average Bonchev–Trinajstić information content (AvgIpc) is 3.28. The van der Waals surface area contributed by atoms with E-state index < -0.39 is 10.0 Å². The number of rotatable bonds is 10. The number of sulfonamides is 1. The second-order valence-electron chi connectivity index (χ2n) is 6.16. The van der Waals surface area contributed by atoms with Crippen LogP contribution >= 0.6 is 22.7 Å². The molecule has 0 fully saturated rings. The van der Waals surface area contributed by atoms with Crippen LogP contribution in [0.1, 0.15) is 23.8 Å². The fraction of sp³-hybridized carbons (Fsp3) is 0.471. The number of thiophene rings is 2. The van der Waals surface area contributed by atoms with Gasteiger partial charge in [0.05, 0.1) is 6.04 Å². The molecule has 0 bridgehead atoms. The largest absolute Gasteiger partial charge is 0.354 e. The van der Waals surface area contributed by atoms with Gasteiger partial charge in [0.1, 0.15) is 4.21 Å². The van der Waals surface area contributed by atoms with Crippen LogP contribution < -0.4 is 5.32 Å². The fourth-order valence-electron chi connectivity index (χ4n) is 2.46. The minimum Gasteiger partial charge on any atom is -0.354 e. The Bertz CT molecular complexity index is 772. The lowest BCUT2D eigenvalue weighted by Gasteiger charge is -2.23. The van der Waals surface area contributed by atoms with Crippen molar-refractivity contribution < 1.29 is 13.2 Å². The van der Waals surface area contributed by atoms with Crippen LogP contribution in [-0.4, -0.2) is 57.8 Å². The van der Waals surface area contributed by atoms with Crippen molar-refractivity contribution in [2.45, 2.75) is 23.1 Å². The zero-order chi connectivity index (χ0) is 19.2. The van der Waals surface area contributed by atoms with Gasteiger partial charge in [-0.25, -0.2) is 12.7 Å². The van der Waals surface area contributed by atoms with Crippen molar-refractivity contribution >= 4 is 38.6 Å². The molecule has 26 heavy (non-hydrogen) atoms. The van der Waals surface area contributed by atoms with Gasteiger partial charge in [0.25, 0.3) is 10.0 Å². The topological polar surface area (TPSA) is 69.7 Å². The van der Waals surface area contributed by atoms with E-state index in [0.29, 0.717) is 30.1 Å². The monoisotopic (exact) mass is 415 g/mol. The summed E-state index contributed by atoms with van der Waals surface area (Å²) in [5.74, 6) is -0.0599. The van der Waals surface area contributed by atoms with Crippen molar-refractivity contribution in [1.29, 1.82) is 0 Å². The van der Waals surface area contributed by atoms with E-state index in [4.69, 9.17) is 0 Å². The molecule has 0 aromatic carbocycles. The summed E-state index contributed by atoms with van der Waals surface area (Å²) in [5.41, 5.74) is 0. The maximum absolute atomic E-state index is 12.3. The Morgan fingerprint density at radius 1 is 1.15 bits per heavy atom. The highest BCUT2D eigenvalue weighted by atomic mass is 32.2. The first-order chi connectivity index (χ1) is 12.3. The maximum Gasteiger partial charge on any atom is 0.252 e. The van der Waals surface area contributed by atoms with E-state index in [-0.39, 0.29) is 11.9 Å². The molecule has 0 aliphatic rings. The zero-order valence-corrected chi connectivity index (χ0v) is 17.7. The van der Waals surface area contributed by atoms with E-state index in [1.165, 1.54) is 20.5 Å². The highest BCUT2D eigenvalue weighted by molar-refractivity contribution is 7.91. The Morgan fingerprint density at radius 2 is 1.85 bits per heavy atom. The van der Waals surface area contributed by atoms with Crippen LogP contribution in [0.4, 0.5) is 0 Å². The molecule has 6 nitrogen and oxygen atoms in total. The molecule has 0 saturated heterocycles. The highest BCUT2D eigenvalue weighted by Gasteiger charge is 2.21. The molecule has 1 N–H and O–H groups in total. The van der Waals surface area contributed by atoms with Gasteiger partial charge in [-0.1, -0.05) is 12.1 Å². The molecule has 2 rings (SSSR count). The van der Waals surface area contributed by atoms with Crippen molar-refractivity contribution in [1.82, 2.24) is 14.5 Å². The fourth-order valence-corrected chi connectivity index (χ4v) is 5.80. The summed E-state index contributed by atoms with van der Waals surface area (Å²) >= 11 is 2.87. The van der Waals surface area contributed by atoms with Gasteiger partial charge in [-0.05, 0) is 43.4 Å². The number of amides is 1. The number of hydrogen-bond donors (Lipinski definition) is 1. The Kier molecular flexibility index (Phi) is 7.78. The zero-order valence-electron chi connectivity index (χ0n) is 15.2. The molecule has 0 radical (unpaired) electrons. The van der Waals surface area contributed by atoms with Crippen LogP contribution in [0.3, 0.4) is 0 Å². The second-order valence-corrected chi connectivity index (χ2v) is 10.4. The van der Waals surface area contributed by atoms with Gasteiger partial charge in [0.2, 0.25) is 5.91 Å². The molecule has 2 aromatic rings. The first kappa shape index (κ1) is 21.0. The third-order valence-electron chi connectivity index (χ3n) is 4.02. The third-order valence-corrected chi connectivity index (χ3v) is 8.23. The number of carbonyl (C=O) groups is 1. The molecule has 9 heteroatoms. The van der Waals surface area contributed by atoms with Crippen LogP contribution in [0.2, 0.25) is 0 Å². The number of likely N-dealkylation sites (N-methyl/N-ethyl adjacent to an activating group) is 1. The van der Waals surface area contributed by atoms with Gasteiger partial charge in [-0.15, -0.1) is 22.7 Å². The Balaban J connectivity index is 1.76. The van der Waals surface area contributed by atoms with Gasteiger partial charge in [-0.3, -0.25) is 4.79 Å². The summed E-state index contributed by atoms with van der Waals surface area (Å²) in [4.78, 5) is 15.4. The van der Waals surface area contributed by atoms with Gasteiger partial charge < -0.3 is 10.2 Å². The summed E-state index contributed by atoms with van der Waals surface area (Å²) in [5, 5.41) is 6.72. The normalized spacial score (nSPS) is 13.3. The summed E-state index contributed by atoms with van der Waals surface area (Å²) in [6.07, 6.45) is 0.785. The molecule has 2 heterocycles. The van der Waals surface area contributed by atoms with Crippen molar-refractivity contribution in [3.8, 4) is 0 Å². The van der Waals surface area contributed by atoms with Crippen molar-refractivity contribution in [2.24, 2.45) is 0 Å². The number of hydrogen-bond acceptors (Lipinski definition) is 6. The summed E-state index contributed by atoms with van der Waals surface area (Å²) in [6, 6.07) is 7.51. The van der Waals surface area contributed by atoms with E-state index >= 15 is 0 Å². The quantitative estimate of drug-likeness (QED) is 0.648. The van der Waals surface area contributed by atoms with Crippen LogP contribution in [0.25, 0.3) is 0 Å². The minimum absolute atomic E-state index is 0.0599. The first-order valence-corrected chi connectivity index (χ1v) is 11.5. The van der Waals surface area contributed by atoms with E-state index in [0.717, 1.165) is 0 Å². The molecule has 0 aliphatic carbocycles. The molecular weight excluding hydrogens is 390 g/mol. The van der Waals surface area contributed by atoms with Gasteiger partial charge in [0, 0.05) is 31.4 Å². The van der Waals surface area contributed by atoms with Gasteiger partial charge in [0.15, 0.2) is 0 Å². The molecule has 144 valence electrons. The molecule has 0 saturated carbocycles. The van der Waals surface area contributed by atoms with Crippen molar-refractivity contribution in [2.75, 3.05) is 34.2 Å². The molecule has 0 spiro atoms. The highest BCUT2D eigenvalue weighted by Crippen LogP contribution is 2.22. The summed E-state index contributed by atoms with van der Waals surface area (Å²) < 4.78 is 26.3. The molecule has 1 atom stereocenters. The number of carbonyl (C=O) groups excluding carboxylic acids is 1. The lowest BCUT2D eigenvalue weighted by Crippen LogP contribution is -2.34. The van der Waals surface area contributed by atoms with Crippen molar-refractivity contribution in [3.63, 3.8) is 0 Å². The molecule has 0 aliphatic heterocycles. The number of nitrogens with zero attached hydrogens (tertiary/aromatic N) is 2. The van der Waals surface area contributed by atoms with E-state index in [9.17, 15) is 13.2 Å². The Morgan fingerprint density at radius 3 is 2.42 bits per heavy atom. The number of nitrogens with one attached hydrogen (secondary N) is 1. The predicted octanol–water partition coefficient (Wildman–Crippen LogP) is 2.63. The standard InChI is InChI=1S/C17H25N3O3S3/c1-19(2)14(15-7-5-11-24-15)13-18-16(21)8-4-10-20(3)26(22,23)17-9-6-12-25-17/h5-7,9,11-12,14H,4,8,10,13H2,1-3H3,(H,18,21)/t14-/m0/s1. The minimum atomic E-state index is -3.45. The lowest BCUT2D eigenvalue weighted by atomic mass is 10.2.